The molecule has 3 aromatic carbocycles. The molecule has 0 bridgehead atoms. The second-order valence-corrected chi connectivity index (χ2v) is 7.14. The van der Waals surface area contributed by atoms with Gasteiger partial charge in [-0.1, -0.05) is 91.0 Å². The van der Waals surface area contributed by atoms with Gasteiger partial charge < -0.3 is 24.8 Å². The largest absolute Gasteiger partial charge is 0.387 e. The molecule has 0 aliphatic carbocycles. The van der Waals surface area contributed by atoms with E-state index in [1.165, 1.54) is 0 Å². The molecule has 5 heteroatoms. The van der Waals surface area contributed by atoms with E-state index in [-0.39, 0.29) is 6.61 Å². The van der Waals surface area contributed by atoms with Gasteiger partial charge in [0.15, 0.2) is 6.29 Å². The first-order valence-electron chi connectivity index (χ1n) is 9.63. The molecule has 1 aliphatic heterocycles. The van der Waals surface area contributed by atoms with Crippen LogP contribution in [0.5, 0.6) is 0 Å². The number of hydrogen-bond donors (Lipinski definition) is 3. The van der Waals surface area contributed by atoms with E-state index >= 15 is 0 Å². The van der Waals surface area contributed by atoms with Crippen LogP contribution in [0.25, 0.3) is 0 Å². The van der Waals surface area contributed by atoms with Crippen molar-refractivity contribution in [2.75, 3.05) is 6.61 Å². The fraction of sp³-hybridized carbons (Fsp3) is 0.250. The molecule has 1 fully saturated rings. The Balaban J connectivity index is 1.80. The Kier molecular flexibility index (Phi) is 5.76. The van der Waals surface area contributed by atoms with Crippen LogP contribution in [0.4, 0.5) is 0 Å². The van der Waals surface area contributed by atoms with Crippen molar-refractivity contribution >= 4 is 0 Å². The molecular formula is C24H24O5. The number of aliphatic hydroxyl groups is 3. The van der Waals surface area contributed by atoms with E-state index in [1.807, 2.05) is 91.0 Å². The molecule has 0 unspecified atom stereocenters. The van der Waals surface area contributed by atoms with Gasteiger partial charge in [0, 0.05) is 0 Å². The van der Waals surface area contributed by atoms with Gasteiger partial charge in [-0.25, -0.2) is 0 Å². The third-order valence-electron chi connectivity index (χ3n) is 5.34. The highest BCUT2D eigenvalue weighted by Crippen LogP contribution is 2.41. The van der Waals surface area contributed by atoms with Crippen molar-refractivity contribution in [3.8, 4) is 0 Å². The molecular weight excluding hydrogens is 368 g/mol. The van der Waals surface area contributed by atoms with Crippen molar-refractivity contribution in [1.82, 2.24) is 0 Å². The van der Waals surface area contributed by atoms with E-state index in [2.05, 4.69) is 0 Å². The predicted molar refractivity (Wildman–Crippen MR) is 108 cm³/mol. The zero-order chi connectivity index (χ0) is 20.3. The summed E-state index contributed by atoms with van der Waals surface area (Å²) in [7, 11) is 0. The summed E-state index contributed by atoms with van der Waals surface area (Å²) < 4.78 is 11.9. The van der Waals surface area contributed by atoms with Crippen LogP contribution in [-0.4, -0.2) is 46.5 Å². The van der Waals surface area contributed by atoms with Crippen molar-refractivity contribution in [3.63, 3.8) is 0 Å². The summed E-state index contributed by atoms with van der Waals surface area (Å²) in [5.41, 5.74) is 1.81. The molecule has 0 saturated carbocycles. The maximum absolute atomic E-state index is 10.2. The monoisotopic (exact) mass is 392 g/mol. The van der Waals surface area contributed by atoms with Crippen molar-refractivity contribution in [1.29, 1.82) is 0 Å². The fourth-order valence-electron chi connectivity index (χ4n) is 3.84. The van der Waals surface area contributed by atoms with E-state index in [0.717, 1.165) is 16.7 Å². The SMILES string of the molecule is O[C@H]1[C@H](O)[C@@H](COC(c2ccccc2)(c2ccccc2)c2ccccc2)O[C@H]1O. The average molecular weight is 392 g/mol. The Labute approximate surface area is 169 Å². The predicted octanol–water partition coefficient (Wildman–Crippen LogP) is 2.43. The van der Waals surface area contributed by atoms with Crippen molar-refractivity contribution in [2.24, 2.45) is 0 Å². The van der Waals surface area contributed by atoms with Gasteiger partial charge in [-0.3, -0.25) is 0 Å². The van der Waals surface area contributed by atoms with Crippen molar-refractivity contribution in [3.05, 3.63) is 108 Å². The smallest absolute Gasteiger partial charge is 0.184 e. The Bertz CT molecular complexity index is 804. The Morgan fingerprint density at radius 3 is 1.41 bits per heavy atom. The van der Waals surface area contributed by atoms with Crippen LogP contribution in [0.1, 0.15) is 16.7 Å². The van der Waals surface area contributed by atoms with E-state index in [1.54, 1.807) is 0 Å². The topological polar surface area (TPSA) is 79.2 Å². The van der Waals surface area contributed by atoms with Crippen LogP contribution < -0.4 is 0 Å². The second-order valence-electron chi connectivity index (χ2n) is 7.14. The van der Waals surface area contributed by atoms with Gasteiger partial charge in [-0.15, -0.1) is 0 Å². The van der Waals surface area contributed by atoms with Gasteiger partial charge in [-0.05, 0) is 16.7 Å². The highest BCUT2D eigenvalue weighted by atomic mass is 16.7. The van der Waals surface area contributed by atoms with Crippen LogP contribution in [0.15, 0.2) is 91.0 Å². The molecule has 4 rings (SSSR count). The van der Waals surface area contributed by atoms with Crippen LogP contribution >= 0.6 is 0 Å². The van der Waals surface area contributed by atoms with Crippen LogP contribution in [-0.2, 0) is 15.1 Å². The molecule has 0 amide bonds. The molecule has 150 valence electrons. The summed E-state index contributed by atoms with van der Waals surface area (Å²) in [6.45, 7) is -0.0199. The molecule has 3 N–H and O–H groups in total. The van der Waals surface area contributed by atoms with E-state index in [0.29, 0.717) is 0 Å². The molecule has 0 radical (unpaired) electrons. The molecule has 1 saturated heterocycles. The summed E-state index contributed by atoms with van der Waals surface area (Å²) in [6.07, 6.45) is -4.87. The average Bonchev–Trinajstić information content (AvgIpc) is 3.03. The molecule has 1 aliphatic rings. The summed E-state index contributed by atoms with van der Waals surface area (Å²) in [6, 6.07) is 29.5. The van der Waals surface area contributed by atoms with Gasteiger partial charge in [0.05, 0.1) is 6.61 Å². The number of ether oxygens (including phenoxy) is 2. The van der Waals surface area contributed by atoms with Crippen molar-refractivity contribution in [2.45, 2.75) is 30.2 Å². The standard InChI is InChI=1S/C24H24O5/c25-21-20(29-23(27)22(21)26)16-28-24(17-10-4-1-5-11-17,18-12-6-2-7-13-18)19-14-8-3-9-15-19/h1-15,20-23,25-27H,16H2/t20-,21-,22+,23-/m1/s1. The quantitative estimate of drug-likeness (QED) is 0.562. The van der Waals surface area contributed by atoms with Gasteiger partial charge in [0.1, 0.15) is 23.9 Å². The minimum Gasteiger partial charge on any atom is -0.387 e. The molecule has 4 atom stereocenters. The third kappa shape index (κ3) is 3.71. The minimum atomic E-state index is -1.43. The lowest BCUT2D eigenvalue weighted by Crippen LogP contribution is -2.39. The van der Waals surface area contributed by atoms with Crippen molar-refractivity contribution < 1.29 is 24.8 Å². The summed E-state index contributed by atoms with van der Waals surface area (Å²) in [5.74, 6) is 0. The molecule has 0 spiro atoms. The lowest BCUT2D eigenvalue weighted by atomic mass is 9.80. The first-order chi connectivity index (χ1) is 14.1. The van der Waals surface area contributed by atoms with Gasteiger partial charge in [-0.2, -0.15) is 0 Å². The molecule has 5 nitrogen and oxygen atoms in total. The maximum atomic E-state index is 10.2. The van der Waals surface area contributed by atoms with Crippen LogP contribution in [0.2, 0.25) is 0 Å². The lowest BCUT2D eigenvalue weighted by Gasteiger charge is -2.37. The molecule has 0 aromatic heterocycles. The summed E-state index contributed by atoms with van der Waals surface area (Å²) in [4.78, 5) is 0. The molecule has 29 heavy (non-hydrogen) atoms. The van der Waals surface area contributed by atoms with Gasteiger partial charge in [0.2, 0.25) is 0 Å². The Morgan fingerprint density at radius 2 is 1.07 bits per heavy atom. The number of benzene rings is 3. The maximum Gasteiger partial charge on any atom is 0.184 e. The summed E-state index contributed by atoms with van der Waals surface area (Å²) >= 11 is 0. The second kappa shape index (κ2) is 8.45. The molecule has 3 aromatic rings. The zero-order valence-corrected chi connectivity index (χ0v) is 15.8. The fourth-order valence-corrected chi connectivity index (χ4v) is 3.84. The van der Waals surface area contributed by atoms with E-state index < -0.39 is 30.2 Å². The summed E-state index contributed by atoms with van der Waals surface area (Å²) in [5, 5.41) is 29.8. The molecule has 1 heterocycles. The lowest BCUT2D eigenvalue weighted by molar-refractivity contribution is -0.145. The number of hydrogen-bond acceptors (Lipinski definition) is 5. The van der Waals surface area contributed by atoms with E-state index in [4.69, 9.17) is 9.47 Å². The first-order valence-corrected chi connectivity index (χ1v) is 9.63. The Hall–Kier alpha value is -2.54. The zero-order valence-electron chi connectivity index (χ0n) is 15.8. The highest BCUT2D eigenvalue weighted by Gasteiger charge is 2.44. The first kappa shape index (κ1) is 19.8. The van der Waals surface area contributed by atoms with Gasteiger partial charge in [0.25, 0.3) is 0 Å². The van der Waals surface area contributed by atoms with Crippen LogP contribution in [0, 0.1) is 0 Å². The third-order valence-corrected chi connectivity index (χ3v) is 5.34. The minimum absolute atomic E-state index is 0.0199. The normalized spacial score (nSPS) is 24.5. The Morgan fingerprint density at radius 1 is 0.655 bits per heavy atom. The van der Waals surface area contributed by atoms with Crippen LogP contribution in [0.3, 0.4) is 0 Å². The number of rotatable bonds is 6. The van der Waals surface area contributed by atoms with Gasteiger partial charge >= 0.3 is 0 Å². The highest BCUT2D eigenvalue weighted by molar-refractivity contribution is 5.47. The number of aliphatic hydroxyl groups excluding tert-OH is 3. The van der Waals surface area contributed by atoms with E-state index in [9.17, 15) is 15.3 Å².